The highest BCUT2D eigenvalue weighted by molar-refractivity contribution is 7.98. The molecule has 128 valence electrons. The van der Waals surface area contributed by atoms with E-state index in [1.54, 1.807) is 24.3 Å². The number of para-hydroxylation sites is 1. The van der Waals surface area contributed by atoms with Crippen molar-refractivity contribution in [3.05, 3.63) is 57.5 Å². The number of halogens is 4. The lowest BCUT2D eigenvalue weighted by Gasteiger charge is -2.13. The first-order valence-electron chi connectivity index (χ1n) is 6.62. The van der Waals surface area contributed by atoms with Crippen LogP contribution in [0.3, 0.4) is 0 Å². The zero-order valence-electron chi connectivity index (χ0n) is 12.4. The van der Waals surface area contributed by atoms with Crippen molar-refractivity contribution in [1.82, 2.24) is 4.57 Å². The second kappa shape index (κ2) is 7.31. The van der Waals surface area contributed by atoms with Crippen LogP contribution in [0.1, 0.15) is 5.56 Å². The number of hydrogen-bond donors (Lipinski definition) is 1. The maximum atomic E-state index is 12.8. The number of hydrogen-bond acceptors (Lipinski definition) is 3. The summed E-state index contributed by atoms with van der Waals surface area (Å²) < 4.78 is 39.0. The number of nitrogens with zero attached hydrogens (tertiary/aromatic N) is 1. The first-order valence-corrected chi connectivity index (χ1v) is 8.22. The zero-order chi connectivity index (χ0) is 17.9. The van der Waals surface area contributed by atoms with Crippen LogP contribution >= 0.6 is 23.4 Å². The van der Waals surface area contributed by atoms with E-state index < -0.39 is 34.8 Å². The maximum absolute atomic E-state index is 12.8. The Hall–Kier alpha value is -1.93. The van der Waals surface area contributed by atoms with Crippen molar-refractivity contribution in [2.75, 3.05) is 11.6 Å². The number of thioether (sulfide) groups is 1. The maximum Gasteiger partial charge on any atom is 0.417 e. The van der Waals surface area contributed by atoms with E-state index >= 15 is 0 Å². The van der Waals surface area contributed by atoms with E-state index in [1.807, 2.05) is 6.26 Å². The molecule has 2 rings (SSSR count). The first-order chi connectivity index (χ1) is 11.2. The van der Waals surface area contributed by atoms with E-state index in [0.29, 0.717) is 22.5 Å². The van der Waals surface area contributed by atoms with Crippen molar-refractivity contribution < 1.29 is 18.0 Å². The highest BCUT2D eigenvalue weighted by Crippen LogP contribution is 2.29. The van der Waals surface area contributed by atoms with Gasteiger partial charge in [-0.3, -0.25) is 9.59 Å². The Balaban J connectivity index is 2.26. The largest absolute Gasteiger partial charge is 0.417 e. The van der Waals surface area contributed by atoms with Gasteiger partial charge in [-0.25, -0.2) is 0 Å². The van der Waals surface area contributed by atoms with E-state index in [9.17, 15) is 22.8 Å². The molecule has 0 atom stereocenters. The molecule has 0 aliphatic heterocycles. The molecule has 9 heteroatoms. The highest BCUT2D eigenvalue weighted by Gasteiger charge is 2.32. The van der Waals surface area contributed by atoms with Crippen LogP contribution in [-0.2, 0) is 17.5 Å². The summed E-state index contributed by atoms with van der Waals surface area (Å²) in [7, 11) is 0. The minimum absolute atomic E-state index is 0.515. The van der Waals surface area contributed by atoms with Crippen LogP contribution in [0.2, 0.25) is 5.02 Å². The molecular weight excluding hydrogens is 365 g/mol. The second-order valence-electron chi connectivity index (χ2n) is 4.76. The number of alkyl halides is 3. The number of amides is 1. The summed E-state index contributed by atoms with van der Waals surface area (Å²) in [6.45, 7) is -0.578. The molecule has 4 nitrogen and oxygen atoms in total. The van der Waals surface area contributed by atoms with Gasteiger partial charge in [-0.2, -0.15) is 13.2 Å². The lowest BCUT2D eigenvalue weighted by atomic mass is 10.2. The number of carbonyl (C=O) groups excluding carboxylic acids is 1. The van der Waals surface area contributed by atoms with Crippen LogP contribution < -0.4 is 10.9 Å². The topological polar surface area (TPSA) is 51.1 Å². The summed E-state index contributed by atoms with van der Waals surface area (Å²) in [6, 6.07) is 7.49. The molecule has 24 heavy (non-hydrogen) atoms. The van der Waals surface area contributed by atoms with Gasteiger partial charge in [-0.15, -0.1) is 11.8 Å². The Morgan fingerprint density at radius 1 is 1.33 bits per heavy atom. The summed E-state index contributed by atoms with van der Waals surface area (Å²) >= 11 is 6.95. The Labute approximate surface area is 144 Å². The molecule has 1 aromatic heterocycles. The average molecular weight is 377 g/mol. The monoisotopic (exact) mass is 376 g/mol. The van der Waals surface area contributed by atoms with Gasteiger partial charge in [0.2, 0.25) is 5.91 Å². The number of benzene rings is 1. The fraction of sp³-hybridized carbons (Fsp3) is 0.200. The Bertz CT molecular complexity index is 821. The van der Waals surface area contributed by atoms with E-state index in [-0.39, 0.29) is 0 Å². The van der Waals surface area contributed by atoms with Crippen molar-refractivity contribution >= 4 is 35.0 Å². The summed E-state index contributed by atoms with van der Waals surface area (Å²) in [5.41, 5.74) is -1.44. The van der Waals surface area contributed by atoms with Crippen molar-refractivity contribution in [3.8, 4) is 0 Å². The Morgan fingerprint density at radius 2 is 2.00 bits per heavy atom. The van der Waals surface area contributed by atoms with E-state index in [2.05, 4.69) is 5.32 Å². The molecule has 0 unspecified atom stereocenters. The number of carbonyl (C=O) groups is 1. The van der Waals surface area contributed by atoms with Crippen molar-refractivity contribution in [2.24, 2.45) is 0 Å². The molecule has 1 aromatic carbocycles. The number of nitrogens with one attached hydrogen (secondary N) is 1. The second-order valence-corrected chi connectivity index (χ2v) is 6.01. The zero-order valence-corrected chi connectivity index (χ0v) is 13.9. The number of pyridine rings is 1. The molecule has 1 N–H and O–H groups in total. The predicted molar refractivity (Wildman–Crippen MR) is 87.6 cm³/mol. The lowest BCUT2D eigenvalue weighted by molar-refractivity contribution is -0.138. The van der Waals surface area contributed by atoms with Crippen molar-refractivity contribution in [2.45, 2.75) is 17.6 Å². The van der Waals surface area contributed by atoms with Gasteiger partial charge in [0.15, 0.2) is 0 Å². The third-order valence-electron chi connectivity index (χ3n) is 3.06. The molecule has 0 aliphatic carbocycles. The third kappa shape index (κ3) is 4.33. The van der Waals surface area contributed by atoms with Crippen LogP contribution in [0.25, 0.3) is 0 Å². The van der Waals surface area contributed by atoms with Gasteiger partial charge in [0, 0.05) is 11.1 Å². The Morgan fingerprint density at radius 3 is 2.62 bits per heavy atom. The molecule has 0 radical (unpaired) electrons. The molecule has 2 aromatic rings. The van der Waals surface area contributed by atoms with Gasteiger partial charge in [0.25, 0.3) is 5.56 Å². The fourth-order valence-electron chi connectivity index (χ4n) is 1.96. The Kier molecular flexibility index (Phi) is 5.61. The van der Waals surface area contributed by atoms with Gasteiger partial charge in [0.05, 0.1) is 11.3 Å². The number of aromatic nitrogens is 1. The molecule has 1 heterocycles. The summed E-state index contributed by atoms with van der Waals surface area (Å²) in [4.78, 5) is 24.7. The molecular formula is C15H12ClF3N2O2S. The SMILES string of the molecule is CSc1ccccc1NC(=O)Cn1cc(C(F)(F)F)cc(Cl)c1=O. The van der Waals surface area contributed by atoms with E-state index in [1.165, 1.54) is 11.8 Å². The molecule has 0 aliphatic rings. The molecule has 0 bridgehead atoms. The van der Waals surface area contributed by atoms with Crippen LogP contribution in [-0.4, -0.2) is 16.7 Å². The van der Waals surface area contributed by atoms with Gasteiger partial charge in [0.1, 0.15) is 11.6 Å². The smallest absolute Gasteiger partial charge is 0.324 e. The lowest BCUT2D eigenvalue weighted by Crippen LogP contribution is -2.29. The summed E-state index contributed by atoms with van der Waals surface area (Å²) in [5.74, 6) is -0.631. The van der Waals surface area contributed by atoms with Crippen LogP contribution in [0.5, 0.6) is 0 Å². The van der Waals surface area contributed by atoms with Gasteiger partial charge in [-0.05, 0) is 24.5 Å². The quantitative estimate of drug-likeness (QED) is 0.824. The number of anilines is 1. The van der Waals surface area contributed by atoms with Crippen molar-refractivity contribution in [1.29, 1.82) is 0 Å². The van der Waals surface area contributed by atoms with Crippen LogP contribution in [0, 0.1) is 0 Å². The summed E-state index contributed by atoms with van der Waals surface area (Å²) in [6.07, 6.45) is -2.27. The van der Waals surface area contributed by atoms with Crippen molar-refractivity contribution in [3.63, 3.8) is 0 Å². The minimum Gasteiger partial charge on any atom is -0.324 e. The fourth-order valence-corrected chi connectivity index (χ4v) is 2.74. The van der Waals surface area contributed by atoms with E-state index in [4.69, 9.17) is 11.6 Å². The minimum atomic E-state index is -4.67. The predicted octanol–water partition coefficient (Wildman–Crippen LogP) is 3.88. The summed E-state index contributed by atoms with van der Waals surface area (Å²) in [5, 5.41) is 1.98. The highest BCUT2D eigenvalue weighted by atomic mass is 35.5. The third-order valence-corrected chi connectivity index (χ3v) is 4.13. The normalized spacial score (nSPS) is 11.4. The van der Waals surface area contributed by atoms with Gasteiger partial charge < -0.3 is 9.88 Å². The molecule has 0 fully saturated rings. The standard InChI is InChI=1S/C15H12ClF3N2O2S/c1-24-12-5-3-2-4-11(12)20-13(22)8-21-7-9(15(17,18)19)6-10(16)14(21)23/h2-7H,8H2,1H3,(H,20,22). The molecule has 0 spiro atoms. The first kappa shape index (κ1) is 18.4. The molecule has 0 saturated heterocycles. The van der Waals surface area contributed by atoms with Crippen LogP contribution in [0.4, 0.5) is 18.9 Å². The molecule has 1 amide bonds. The average Bonchev–Trinajstić information content (AvgIpc) is 2.51. The van der Waals surface area contributed by atoms with Crippen LogP contribution in [0.15, 0.2) is 46.2 Å². The van der Waals surface area contributed by atoms with Gasteiger partial charge in [-0.1, -0.05) is 23.7 Å². The van der Waals surface area contributed by atoms with E-state index in [0.717, 1.165) is 4.90 Å². The molecule has 0 saturated carbocycles. The van der Waals surface area contributed by atoms with Gasteiger partial charge >= 0.3 is 6.18 Å². The number of rotatable bonds is 4.